The summed E-state index contributed by atoms with van der Waals surface area (Å²) < 4.78 is 6.47. The maximum Gasteiger partial charge on any atom is 0.301 e. The van der Waals surface area contributed by atoms with Crippen molar-refractivity contribution in [3.05, 3.63) is 75.8 Å². The highest BCUT2D eigenvalue weighted by Gasteiger charge is 2.33. The lowest BCUT2D eigenvalue weighted by Gasteiger charge is -2.27. The number of benzene rings is 2. The Balaban J connectivity index is 1.62. The third-order valence-corrected chi connectivity index (χ3v) is 8.08. The van der Waals surface area contributed by atoms with Gasteiger partial charge < -0.3 is 10.1 Å². The summed E-state index contributed by atoms with van der Waals surface area (Å²) in [5.41, 5.74) is 2.50. The number of nitro groups is 1. The van der Waals surface area contributed by atoms with Gasteiger partial charge in [-0.3, -0.25) is 10.1 Å². The van der Waals surface area contributed by atoms with Gasteiger partial charge in [0, 0.05) is 30.6 Å². The zero-order valence-electron chi connectivity index (χ0n) is 18.2. The molecule has 2 aromatic carbocycles. The van der Waals surface area contributed by atoms with E-state index in [0.29, 0.717) is 20.6 Å². The Bertz CT molecular complexity index is 811. The third kappa shape index (κ3) is 6.24. The van der Waals surface area contributed by atoms with E-state index in [-0.39, 0.29) is 22.8 Å². The standard InChI is InChI=1S/C24H33N2O3Si/c1-24(2,30-3)15-16-29-23(19-7-5-4-6-8-19)22-14-11-20(25-22)17-18-9-12-21(13-10-18)26(27)28/h4-10,12-13,20,22-23,25,30H,11,14-17H2,1-3H3/q+1/t20-,22-,23-/m1/s1. The van der Waals surface area contributed by atoms with Gasteiger partial charge in [-0.2, -0.15) is 0 Å². The van der Waals surface area contributed by atoms with Crippen molar-refractivity contribution in [2.24, 2.45) is 0 Å². The molecule has 1 fully saturated rings. The molecule has 1 saturated heterocycles. The van der Waals surface area contributed by atoms with E-state index >= 15 is 0 Å². The van der Waals surface area contributed by atoms with Gasteiger partial charge in [-0.1, -0.05) is 42.5 Å². The smallest absolute Gasteiger partial charge is 0.301 e. The first-order valence-electron chi connectivity index (χ1n) is 10.8. The molecule has 1 heterocycles. The lowest BCUT2D eigenvalue weighted by molar-refractivity contribution is -0.384. The van der Waals surface area contributed by atoms with Crippen molar-refractivity contribution >= 4 is 15.2 Å². The summed E-state index contributed by atoms with van der Waals surface area (Å²) in [5, 5.41) is 15.0. The van der Waals surface area contributed by atoms with E-state index in [9.17, 15) is 10.1 Å². The minimum Gasteiger partial charge on any atom is -0.372 e. The number of rotatable bonds is 10. The van der Waals surface area contributed by atoms with E-state index in [4.69, 9.17) is 4.74 Å². The molecule has 3 rings (SSSR count). The quantitative estimate of drug-likeness (QED) is 0.327. The summed E-state index contributed by atoms with van der Waals surface area (Å²) >= 11 is 0. The predicted molar refractivity (Wildman–Crippen MR) is 124 cm³/mol. The summed E-state index contributed by atoms with van der Waals surface area (Å²) in [5.74, 6) is 0. The van der Waals surface area contributed by atoms with Crippen molar-refractivity contribution in [1.82, 2.24) is 5.32 Å². The van der Waals surface area contributed by atoms with Gasteiger partial charge >= 0.3 is 9.52 Å². The first-order valence-corrected chi connectivity index (χ1v) is 12.6. The molecule has 160 valence electrons. The number of hydrogen-bond donors (Lipinski definition) is 1. The second-order valence-electron chi connectivity index (χ2n) is 8.90. The maximum absolute atomic E-state index is 10.9. The molecule has 1 aliphatic heterocycles. The van der Waals surface area contributed by atoms with Crippen LogP contribution in [0.2, 0.25) is 11.6 Å². The normalized spacial score (nSPS) is 20.1. The van der Waals surface area contributed by atoms with Crippen LogP contribution in [0.1, 0.15) is 50.3 Å². The van der Waals surface area contributed by atoms with Crippen molar-refractivity contribution in [2.75, 3.05) is 6.61 Å². The summed E-state index contributed by atoms with van der Waals surface area (Å²) in [4.78, 5) is 10.5. The molecule has 0 bridgehead atoms. The summed E-state index contributed by atoms with van der Waals surface area (Å²) in [6, 6.07) is 18.1. The van der Waals surface area contributed by atoms with Crippen LogP contribution in [-0.4, -0.2) is 33.1 Å². The molecule has 5 nitrogen and oxygen atoms in total. The van der Waals surface area contributed by atoms with Crippen molar-refractivity contribution in [3.63, 3.8) is 0 Å². The van der Waals surface area contributed by atoms with Crippen LogP contribution in [0, 0.1) is 10.1 Å². The molecule has 0 spiro atoms. The Morgan fingerprint density at radius 3 is 2.50 bits per heavy atom. The summed E-state index contributed by atoms with van der Waals surface area (Å²) in [7, 11) is 0.415. The SMILES string of the molecule is C[SiH+]C(C)(C)CCO[C@H](c1ccccc1)[C@H]1CC[C@H](Cc2ccc([N+](=O)[O-])cc2)N1. The zero-order valence-corrected chi connectivity index (χ0v) is 19.4. The monoisotopic (exact) mass is 425 g/mol. The van der Waals surface area contributed by atoms with E-state index in [1.807, 2.05) is 18.2 Å². The first kappa shape index (κ1) is 22.7. The molecule has 1 aliphatic rings. The molecule has 0 unspecified atom stereocenters. The Labute approximate surface area is 182 Å². The molecule has 2 aromatic rings. The predicted octanol–water partition coefficient (Wildman–Crippen LogP) is 5.09. The highest BCUT2D eigenvalue weighted by atomic mass is 28.2. The lowest BCUT2D eigenvalue weighted by atomic mass is 10.00. The Morgan fingerprint density at radius 2 is 1.87 bits per heavy atom. The Kier molecular flexibility index (Phi) is 7.80. The molecule has 0 aliphatic carbocycles. The largest absolute Gasteiger partial charge is 0.372 e. The molecular weight excluding hydrogens is 392 g/mol. The van der Waals surface area contributed by atoms with Crippen LogP contribution in [-0.2, 0) is 11.2 Å². The van der Waals surface area contributed by atoms with Gasteiger partial charge in [-0.15, -0.1) is 0 Å². The van der Waals surface area contributed by atoms with Crippen LogP contribution >= 0.6 is 0 Å². The van der Waals surface area contributed by atoms with Crippen molar-refractivity contribution in [3.8, 4) is 0 Å². The highest BCUT2D eigenvalue weighted by molar-refractivity contribution is 6.37. The lowest BCUT2D eigenvalue weighted by Crippen LogP contribution is -2.36. The molecular formula is C24H33N2O3Si+. The highest BCUT2D eigenvalue weighted by Crippen LogP contribution is 2.32. The van der Waals surface area contributed by atoms with E-state index in [1.165, 1.54) is 5.56 Å². The molecule has 1 N–H and O–H groups in total. The minimum atomic E-state index is -0.350. The topological polar surface area (TPSA) is 64.4 Å². The van der Waals surface area contributed by atoms with Gasteiger partial charge in [0.05, 0.1) is 29.2 Å². The van der Waals surface area contributed by atoms with E-state index < -0.39 is 0 Å². The molecule has 0 amide bonds. The fourth-order valence-electron chi connectivity index (χ4n) is 3.97. The van der Waals surface area contributed by atoms with E-state index in [0.717, 1.165) is 37.9 Å². The fourth-order valence-corrected chi connectivity index (χ4v) is 4.38. The number of ether oxygens (including phenoxy) is 1. The zero-order chi connectivity index (χ0) is 21.6. The third-order valence-electron chi connectivity index (χ3n) is 6.22. The van der Waals surface area contributed by atoms with Gasteiger partial charge in [-0.25, -0.2) is 0 Å². The van der Waals surface area contributed by atoms with Gasteiger partial charge in [0.15, 0.2) is 0 Å². The second kappa shape index (κ2) is 10.3. The average Bonchev–Trinajstić information content (AvgIpc) is 3.20. The summed E-state index contributed by atoms with van der Waals surface area (Å²) in [6.45, 7) is 7.75. The molecule has 30 heavy (non-hydrogen) atoms. The van der Waals surface area contributed by atoms with Crippen LogP contribution in [0.15, 0.2) is 54.6 Å². The number of nitrogens with zero attached hydrogens (tertiary/aromatic N) is 1. The van der Waals surface area contributed by atoms with Crippen molar-refractivity contribution in [1.29, 1.82) is 0 Å². The number of non-ortho nitro benzene ring substituents is 1. The van der Waals surface area contributed by atoms with Gasteiger partial charge in [-0.05, 0) is 44.2 Å². The van der Waals surface area contributed by atoms with Crippen LogP contribution in [0.25, 0.3) is 0 Å². The van der Waals surface area contributed by atoms with Crippen LogP contribution in [0.3, 0.4) is 0 Å². The molecule has 0 saturated carbocycles. The number of nitrogens with one attached hydrogen (secondary N) is 1. The summed E-state index contributed by atoms with van der Waals surface area (Å²) in [6.07, 6.45) is 4.16. The van der Waals surface area contributed by atoms with Crippen LogP contribution in [0.5, 0.6) is 0 Å². The Morgan fingerprint density at radius 1 is 1.17 bits per heavy atom. The van der Waals surface area contributed by atoms with E-state index in [1.54, 1.807) is 12.1 Å². The van der Waals surface area contributed by atoms with E-state index in [2.05, 4.69) is 50.0 Å². The fraction of sp³-hybridized carbons (Fsp3) is 0.500. The molecule has 3 atom stereocenters. The maximum atomic E-state index is 10.9. The molecule has 0 radical (unpaired) electrons. The second-order valence-corrected chi connectivity index (χ2v) is 11.0. The van der Waals surface area contributed by atoms with Gasteiger partial charge in [0.25, 0.3) is 5.69 Å². The van der Waals surface area contributed by atoms with Crippen molar-refractivity contribution < 1.29 is 9.66 Å². The number of nitro benzene ring substituents is 1. The van der Waals surface area contributed by atoms with Gasteiger partial charge in [0.1, 0.15) is 0 Å². The molecule has 0 aromatic heterocycles. The van der Waals surface area contributed by atoms with Crippen molar-refractivity contribution in [2.45, 2.75) is 69.3 Å². The minimum absolute atomic E-state index is 0.0516. The van der Waals surface area contributed by atoms with Crippen LogP contribution in [0.4, 0.5) is 5.69 Å². The first-order chi connectivity index (χ1) is 14.4. The van der Waals surface area contributed by atoms with Crippen LogP contribution < -0.4 is 5.32 Å². The number of hydrogen-bond acceptors (Lipinski definition) is 4. The van der Waals surface area contributed by atoms with Gasteiger partial charge in [0.2, 0.25) is 0 Å². The molecule has 6 heteroatoms. The average molecular weight is 426 g/mol. The Hall–Kier alpha value is -2.02.